The van der Waals surface area contributed by atoms with Gasteiger partial charge in [0, 0.05) is 36.5 Å². The molecule has 6 aliphatic heterocycles. The molecule has 0 aliphatic carbocycles. The quantitative estimate of drug-likeness (QED) is 0.0103. The second-order valence-electron chi connectivity index (χ2n) is 31.1. The van der Waals surface area contributed by atoms with Crippen LogP contribution in [0.3, 0.4) is 0 Å². The van der Waals surface area contributed by atoms with Gasteiger partial charge in [0.2, 0.25) is 70.9 Å². The van der Waals surface area contributed by atoms with Gasteiger partial charge in [-0.3, -0.25) is 86.5 Å². The molecule has 6 amide bonds. The van der Waals surface area contributed by atoms with Gasteiger partial charge in [-0.05, 0) is 83.1 Å². The molecule has 12 heterocycles. The maximum atomic E-state index is 13.9. The molecule has 126 heavy (non-hydrogen) atoms. The van der Waals surface area contributed by atoms with Gasteiger partial charge in [-0.2, -0.15) is 29.9 Å². The average Bonchev–Trinajstić information content (AvgIpc) is 1.60. The van der Waals surface area contributed by atoms with Gasteiger partial charge in [0.15, 0.2) is 52.2 Å². The summed E-state index contributed by atoms with van der Waals surface area (Å²) in [6.45, 7) is 4.76. The molecule has 696 valence electrons. The summed E-state index contributed by atoms with van der Waals surface area (Å²) in [6.07, 6.45) is -9.56. The third-order valence-electron chi connectivity index (χ3n) is 19.8. The van der Waals surface area contributed by atoms with E-state index in [1.807, 2.05) is 0 Å². The molecule has 6 aromatic heterocycles. The maximum Gasteiger partial charge on any atom is 0.327 e. The predicted octanol–water partition coefficient (Wildman–Crippen LogP) is -0.370. The van der Waals surface area contributed by atoms with E-state index >= 15 is 0 Å². The van der Waals surface area contributed by atoms with Crippen molar-refractivity contribution >= 4 is 159 Å². The first-order chi connectivity index (χ1) is 58.9. The zero-order valence-electron chi connectivity index (χ0n) is 70.6. The lowest BCUT2D eigenvalue weighted by atomic mass is 9.96. The van der Waals surface area contributed by atoms with Crippen LogP contribution in [0.5, 0.6) is 17.6 Å². The first-order valence-corrected chi connectivity index (χ1v) is 48.5. The van der Waals surface area contributed by atoms with Crippen LogP contribution in [0.4, 0.5) is 17.8 Å². The number of imide groups is 3. The standard InChI is InChI=1S/3C23H34N7O10PS/c3*1-10(2)39-20(34)11(3)29-41(36,42-8-12-6-14(31)26-18(12)33)38-7-13-16(32)23(4,35)21(40-13)30-9-25-15-17(30)27-22(24)28-19(15)37-5/h3*9-13,16,21,32,35H,6-8H2,1-5H3,(H,29,36)(H2,24,27,28)(H,26,31,33)/t11-,12?,13+,16+,21?,23+,41+;11-,12?,13-,16-,21?,23-,41+;11-,12?,13-,16-,21?,23-,41-/m011/s1. The van der Waals surface area contributed by atoms with Crippen molar-refractivity contribution in [1.29, 1.82) is 0 Å². The minimum Gasteiger partial charge on any atom is -0.479 e. The summed E-state index contributed by atoms with van der Waals surface area (Å²) in [5.41, 5.74) is 12.9. The number of imidazole rings is 3. The van der Waals surface area contributed by atoms with E-state index in [9.17, 15) is 87.5 Å². The number of carbonyl (C=O) groups is 9. The van der Waals surface area contributed by atoms with Gasteiger partial charge < -0.3 is 104 Å². The lowest BCUT2D eigenvalue weighted by molar-refractivity contribution is -0.149. The zero-order chi connectivity index (χ0) is 92.9. The first-order valence-electron chi connectivity index (χ1n) is 38.9. The second kappa shape index (κ2) is 40.6. The van der Waals surface area contributed by atoms with E-state index in [2.05, 4.69) is 76.1 Å². The van der Waals surface area contributed by atoms with Gasteiger partial charge in [-0.25, -0.2) is 30.2 Å². The highest BCUT2D eigenvalue weighted by atomic mass is 32.7. The zero-order valence-corrected chi connectivity index (χ0v) is 75.8. The fraction of sp³-hybridized carbons (Fsp3) is 0.652. The van der Waals surface area contributed by atoms with Gasteiger partial charge in [0.25, 0.3) is 0 Å². The van der Waals surface area contributed by atoms with Crippen LogP contribution in [-0.4, -0.2) is 291 Å². The highest BCUT2D eigenvalue weighted by Gasteiger charge is 2.58. The van der Waals surface area contributed by atoms with Gasteiger partial charge >= 0.3 is 38.1 Å². The van der Waals surface area contributed by atoms with Crippen molar-refractivity contribution in [3.8, 4) is 17.6 Å². The molecule has 57 heteroatoms. The van der Waals surface area contributed by atoms with Crippen LogP contribution in [0.25, 0.3) is 33.5 Å². The fourth-order valence-electron chi connectivity index (χ4n) is 13.3. The van der Waals surface area contributed by atoms with Gasteiger partial charge in [0.05, 0.1) is 96.2 Å². The number of carbonyl (C=O) groups excluding carboxylic acids is 9. The van der Waals surface area contributed by atoms with Crippen LogP contribution in [0.1, 0.15) is 121 Å². The molecule has 6 saturated heterocycles. The first kappa shape index (κ1) is 99.6. The number of nitrogens with two attached hydrogens (primary N) is 3. The number of ether oxygens (including phenoxy) is 9. The summed E-state index contributed by atoms with van der Waals surface area (Å²) in [6, 6.07) is -3.23. The molecule has 6 aliphatic rings. The number of aromatic nitrogens is 12. The molecular weight excluding hydrogens is 1790 g/mol. The van der Waals surface area contributed by atoms with Crippen LogP contribution in [-0.2, 0) is 98.8 Å². The average molecular weight is 1890 g/mol. The number of amides is 6. The number of esters is 3. The van der Waals surface area contributed by atoms with E-state index in [1.54, 1.807) is 41.5 Å². The van der Waals surface area contributed by atoms with Crippen molar-refractivity contribution in [1.82, 2.24) is 89.8 Å². The summed E-state index contributed by atoms with van der Waals surface area (Å²) in [5, 5.41) is 81.2. The monoisotopic (exact) mass is 1890 g/mol. The third kappa shape index (κ3) is 23.2. The summed E-state index contributed by atoms with van der Waals surface area (Å²) in [5.74, 6) is -7.44. The summed E-state index contributed by atoms with van der Waals surface area (Å²) in [7, 11) is 4.14. The number of nitrogens with one attached hydrogen (secondary N) is 6. The largest absolute Gasteiger partial charge is 0.479 e. The maximum absolute atomic E-state index is 13.9. The van der Waals surface area contributed by atoms with E-state index in [4.69, 9.17) is 73.4 Å². The second-order valence-corrected chi connectivity index (χ2v) is 44.0. The molecule has 21 atom stereocenters. The van der Waals surface area contributed by atoms with Gasteiger partial charge in [0.1, 0.15) is 71.6 Å². The van der Waals surface area contributed by atoms with E-state index < -0.39 is 220 Å². The number of aliphatic hydroxyl groups excluding tert-OH is 3. The Bertz CT molecular complexity index is 4710. The summed E-state index contributed by atoms with van der Waals surface area (Å²) in [4.78, 5) is 145. The third-order valence-corrected chi connectivity index (χ3v) is 32.3. The molecule has 0 radical (unpaired) electrons. The number of fused-ring (bicyclic) bond motifs is 3. The van der Waals surface area contributed by atoms with Crippen LogP contribution >= 0.6 is 54.3 Å². The fourth-order valence-corrected chi connectivity index (χ4v) is 25.4. The highest BCUT2D eigenvalue weighted by molar-refractivity contribution is 8.56. The van der Waals surface area contributed by atoms with E-state index in [-0.39, 0.29) is 105 Å². The number of nitrogens with zero attached hydrogens (tertiary/aromatic N) is 12. The lowest BCUT2D eigenvalue weighted by Crippen LogP contribution is -2.44. The minimum atomic E-state index is -4.00. The van der Waals surface area contributed by atoms with Crippen LogP contribution in [0, 0.1) is 17.8 Å². The van der Waals surface area contributed by atoms with E-state index in [1.165, 1.54) is 95.6 Å². The number of anilines is 3. The number of methoxy groups -OCH3 is 3. The number of hydrogen-bond acceptors (Lipinski definition) is 45. The summed E-state index contributed by atoms with van der Waals surface area (Å²) >= 11 is 2.17. The topological polar surface area (TPSA) is 718 Å². The molecule has 18 N–H and O–H groups in total. The van der Waals surface area contributed by atoms with E-state index in [0.29, 0.717) is 0 Å². The van der Waals surface area contributed by atoms with Crippen molar-refractivity contribution < 1.29 is 144 Å². The van der Waals surface area contributed by atoms with Crippen LogP contribution < -0.4 is 62.6 Å². The van der Waals surface area contributed by atoms with Crippen LogP contribution in [0.15, 0.2) is 19.0 Å². The molecule has 6 unspecified atom stereocenters. The van der Waals surface area contributed by atoms with Gasteiger partial charge in [-0.1, -0.05) is 34.1 Å². The Labute approximate surface area is 729 Å². The number of nitrogen functional groups attached to an aromatic ring is 3. The Hall–Kier alpha value is -8.58. The molecule has 12 rings (SSSR count). The SMILES string of the molecule is COc1nc(N)nc2c1ncn2C1O[C@H](CO[P@@](=O)(N[C@H](C)C(=O)OC(C)C)SCC2CC(=O)NC2=O)[C@@H](O)[C@@]1(C)O.COc1nc(N)nc2c1ncn2C1O[C@H](CO[P@](=O)(N[C@@H](C)C(=O)OC(C)C)SCC2CC(=O)NC2=O)[C@@H](O)[C@@]1(C)O.COc1nc(N)nc2c1ncn2C1O[C@H](CO[P@](=O)(N[C@H](C)C(=O)OC(C)C)SCC2CC(=O)NC2=O)[C@@H](O)[C@@]1(C)O. The van der Waals surface area contributed by atoms with Crippen molar-refractivity contribution in [2.75, 3.05) is 75.6 Å². The van der Waals surface area contributed by atoms with Crippen molar-refractivity contribution in [2.45, 2.75) is 211 Å². The Morgan fingerprint density at radius 2 is 0.698 bits per heavy atom. The molecule has 0 spiro atoms. The Kier molecular flexibility index (Phi) is 32.1. The van der Waals surface area contributed by atoms with Crippen molar-refractivity contribution in [3.63, 3.8) is 0 Å². The minimum absolute atomic E-state index is 0.0633. The Morgan fingerprint density at radius 3 is 0.905 bits per heavy atom. The lowest BCUT2D eigenvalue weighted by Gasteiger charge is -2.27. The molecule has 0 bridgehead atoms. The predicted molar refractivity (Wildman–Crippen MR) is 444 cm³/mol. The highest BCUT2D eigenvalue weighted by Crippen LogP contribution is 2.61. The molecule has 6 aromatic rings. The van der Waals surface area contributed by atoms with Gasteiger partial charge in [-0.15, -0.1) is 0 Å². The molecular formula is C69H102N21O30P3S3. The van der Waals surface area contributed by atoms with Crippen LogP contribution in [0.2, 0.25) is 0 Å². The normalized spacial score (nSPS) is 28.2. The summed E-state index contributed by atoms with van der Waals surface area (Å²) < 4.78 is 112. The molecule has 0 aromatic carbocycles. The molecule has 6 fully saturated rings. The number of aliphatic hydroxyl groups is 6. The Balaban J connectivity index is 0.000000197. The molecule has 51 nitrogen and oxygen atoms in total. The number of rotatable bonds is 36. The van der Waals surface area contributed by atoms with Crippen molar-refractivity contribution in [3.05, 3.63) is 19.0 Å². The van der Waals surface area contributed by atoms with Crippen molar-refractivity contribution in [2.24, 2.45) is 17.8 Å². The smallest absolute Gasteiger partial charge is 0.327 e. The Morgan fingerprint density at radius 1 is 0.460 bits per heavy atom. The number of hydrogen-bond donors (Lipinski definition) is 15. The van der Waals surface area contributed by atoms with E-state index in [0.717, 1.165) is 34.1 Å². The molecule has 0 saturated carbocycles.